The van der Waals surface area contributed by atoms with E-state index < -0.39 is 29.3 Å². The third-order valence-corrected chi connectivity index (χ3v) is 4.68. The summed E-state index contributed by atoms with van der Waals surface area (Å²) in [4.78, 5) is 35.4. The maximum absolute atomic E-state index is 14.5. The number of amides is 2. The Morgan fingerprint density at radius 2 is 2.19 bits per heavy atom. The van der Waals surface area contributed by atoms with Gasteiger partial charge in [-0.05, 0) is 31.0 Å². The van der Waals surface area contributed by atoms with Crippen molar-refractivity contribution in [2.75, 3.05) is 23.3 Å². The molecule has 2 aliphatic heterocycles. The molecule has 26 heavy (non-hydrogen) atoms. The minimum absolute atomic E-state index is 0.0378. The lowest BCUT2D eigenvalue weighted by Crippen LogP contribution is -2.47. The standard InChI is InChI=1S/C17H20FN3O5/c18-11-7-10(19-12-2-4-14(22)20-16(12)25)1-3-13(11)21-6-5-17(26,9-21)8-15(23)24/h1,3,7,12,19,26H,2,4-6,8-9H2,(H,23,24)(H,20,22,25). The van der Waals surface area contributed by atoms with Crippen molar-refractivity contribution in [1.29, 1.82) is 0 Å². The molecule has 2 amide bonds. The van der Waals surface area contributed by atoms with Gasteiger partial charge in [-0.15, -0.1) is 0 Å². The molecule has 3 rings (SSSR count). The lowest BCUT2D eigenvalue weighted by molar-refractivity contribution is -0.142. The van der Waals surface area contributed by atoms with Crippen LogP contribution in [-0.2, 0) is 14.4 Å². The van der Waals surface area contributed by atoms with Crippen molar-refractivity contribution < 1.29 is 29.0 Å². The van der Waals surface area contributed by atoms with Gasteiger partial charge in [0.2, 0.25) is 11.8 Å². The van der Waals surface area contributed by atoms with Crippen LogP contribution in [0.5, 0.6) is 0 Å². The molecule has 0 saturated carbocycles. The van der Waals surface area contributed by atoms with Crippen molar-refractivity contribution in [2.24, 2.45) is 0 Å². The number of hydrogen-bond acceptors (Lipinski definition) is 6. The Labute approximate surface area is 149 Å². The fourth-order valence-corrected chi connectivity index (χ4v) is 3.37. The zero-order chi connectivity index (χ0) is 18.9. The summed E-state index contributed by atoms with van der Waals surface area (Å²) in [6.45, 7) is 0.386. The third-order valence-electron chi connectivity index (χ3n) is 4.68. The molecule has 0 aromatic heterocycles. The molecule has 2 aliphatic rings. The fourth-order valence-electron chi connectivity index (χ4n) is 3.37. The molecule has 0 aliphatic carbocycles. The van der Waals surface area contributed by atoms with E-state index in [9.17, 15) is 23.9 Å². The van der Waals surface area contributed by atoms with Crippen LogP contribution in [0.25, 0.3) is 0 Å². The van der Waals surface area contributed by atoms with Gasteiger partial charge in [-0.3, -0.25) is 19.7 Å². The van der Waals surface area contributed by atoms with E-state index in [4.69, 9.17) is 5.11 Å². The molecular weight excluding hydrogens is 345 g/mol. The van der Waals surface area contributed by atoms with Crippen LogP contribution in [0.15, 0.2) is 18.2 Å². The molecule has 4 N–H and O–H groups in total. The van der Waals surface area contributed by atoms with Crippen LogP contribution in [0.4, 0.5) is 15.8 Å². The molecule has 2 atom stereocenters. The highest BCUT2D eigenvalue weighted by Crippen LogP contribution is 2.32. The zero-order valence-corrected chi connectivity index (χ0v) is 14.0. The summed E-state index contributed by atoms with van der Waals surface area (Å²) in [5.74, 6) is -2.40. The van der Waals surface area contributed by atoms with E-state index in [1.807, 2.05) is 0 Å². The smallest absolute Gasteiger partial charge is 0.306 e. The van der Waals surface area contributed by atoms with E-state index in [1.165, 1.54) is 12.1 Å². The number of β-amino-alcohol motifs (C(OH)–C–C–N with tert-alkyl or cyclic N) is 1. The molecule has 0 radical (unpaired) electrons. The Kier molecular flexibility index (Phi) is 4.82. The number of nitrogens with zero attached hydrogens (tertiary/aromatic N) is 1. The largest absolute Gasteiger partial charge is 0.481 e. The second kappa shape index (κ2) is 6.91. The summed E-state index contributed by atoms with van der Waals surface area (Å²) in [5, 5.41) is 24.3. The van der Waals surface area contributed by atoms with Gasteiger partial charge in [0, 0.05) is 25.2 Å². The number of rotatable bonds is 5. The molecule has 2 heterocycles. The van der Waals surface area contributed by atoms with Crippen molar-refractivity contribution in [3.8, 4) is 0 Å². The minimum Gasteiger partial charge on any atom is -0.481 e. The number of carbonyl (C=O) groups excluding carboxylic acids is 2. The van der Waals surface area contributed by atoms with E-state index in [2.05, 4.69) is 10.6 Å². The number of piperidine rings is 1. The van der Waals surface area contributed by atoms with Crippen molar-refractivity contribution in [1.82, 2.24) is 5.32 Å². The molecule has 1 aromatic rings. The quantitative estimate of drug-likeness (QED) is 0.560. The average molecular weight is 365 g/mol. The van der Waals surface area contributed by atoms with E-state index in [0.717, 1.165) is 0 Å². The number of carbonyl (C=O) groups is 3. The number of halogens is 1. The first kappa shape index (κ1) is 18.1. The number of carboxylic acid groups (broad SMARTS) is 1. The monoisotopic (exact) mass is 365 g/mol. The molecule has 1 aromatic carbocycles. The summed E-state index contributed by atoms with van der Waals surface area (Å²) >= 11 is 0. The summed E-state index contributed by atoms with van der Waals surface area (Å²) in [6, 6.07) is 3.77. The van der Waals surface area contributed by atoms with Crippen LogP contribution in [-0.4, -0.2) is 52.7 Å². The second-order valence-corrected chi connectivity index (χ2v) is 6.78. The van der Waals surface area contributed by atoms with Gasteiger partial charge in [-0.25, -0.2) is 4.39 Å². The lowest BCUT2D eigenvalue weighted by Gasteiger charge is -2.25. The Bertz CT molecular complexity index is 756. The second-order valence-electron chi connectivity index (χ2n) is 6.78. The van der Waals surface area contributed by atoms with Gasteiger partial charge < -0.3 is 20.4 Å². The van der Waals surface area contributed by atoms with Gasteiger partial charge in [-0.2, -0.15) is 0 Å². The average Bonchev–Trinajstić information content (AvgIpc) is 2.91. The molecule has 9 heteroatoms. The Balaban J connectivity index is 1.68. The molecule has 2 fully saturated rings. The van der Waals surface area contributed by atoms with E-state index >= 15 is 0 Å². The highest BCUT2D eigenvalue weighted by molar-refractivity contribution is 6.01. The number of aliphatic hydroxyl groups is 1. The lowest BCUT2D eigenvalue weighted by atomic mass is 9.99. The first-order valence-electron chi connectivity index (χ1n) is 8.35. The number of carboxylic acids is 1. The minimum atomic E-state index is -1.37. The molecule has 0 spiro atoms. The Hall–Kier alpha value is -2.68. The number of anilines is 2. The number of hydrogen-bond donors (Lipinski definition) is 4. The van der Waals surface area contributed by atoms with Crippen molar-refractivity contribution in [3.63, 3.8) is 0 Å². The summed E-state index contributed by atoms with van der Waals surface area (Å²) in [7, 11) is 0. The van der Waals surface area contributed by atoms with Crippen molar-refractivity contribution in [3.05, 3.63) is 24.0 Å². The maximum Gasteiger partial charge on any atom is 0.306 e. The summed E-state index contributed by atoms with van der Waals surface area (Å²) in [6.07, 6.45) is 0.414. The van der Waals surface area contributed by atoms with Gasteiger partial charge >= 0.3 is 5.97 Å². The number of imide groups is 1. The zero-order valence-electron chi connectivity index (χ0n) is 14.0. The molecule has 0 bridgehead atoms. The first-order chi connectivity index (χ1) is 12.3. The predicted octanol–water partition coefficient (Wildman–Crippen LogP) is 0.459. The normalized spacial score (nSPS) is 25.9. The molecule has 8 nitrogen and oxygen atoms in total. The number of aliphatic carboxylic acids is 1. The Morgan fingerprint density at radius 1 is 1.42 bits per heavy atom. The highest BCUT2D eigenvalue weighted by atomic mass is 19.1. The van der Waals surface area contributed by atoms with E-state index in [-0.39, 0.29) is 37.4 Å². The molecule has 2 unspecified atom stereocenters. The summed E-state index contributed by atoms with van der Waals surface area (Å²) in [5.41, 5.74) is -0.706. The topological polar surface area (TPSA) is 119 Å². The molecular formula is C17H20FN3O5. The van der Waals surface area contributed by atoms with Gasteiger partial charge in [0.25, 0.3) is 0 Å². The van der Waals surface area contributed by atoms with Crippen LogP contribution in [0, 0.1) is 5.82 Å². The predicted molar refractivity (Wildman–Crippen MR) is 90.2 cm³/mol. The third kappa shape index (κ3) is 3.93. The number of benzene rings is 1. The van der Waals surface area contributed by atoms with Crippen LogP contribution < -0.4 is 15.5 Å². The fraction of sp³-hybridized carbons (Fsp3) is 0.471. The maximum atomic E-state index is 14.5. The highest BCUT2D eigenvalue weighted by Gasteiger charge is 2.38. The van der Waals surface area contributed by atoms with Crippen molar-refractivity contribution >= 4 is 29.2 Å². The first-order valence-corrected chi connectivity index (χ1v) is 8.35. The van der Waals surface area contributed by atoms with Crippen molar-refractivity contribution in [2.45, 2.75) is 37.3 Å². The van der Waals surface area contributed by atoms with Crippen LogP contribution in [0.3, 0.4) is 0 Å². The Morgan fingerprint density at radius 3 is 2.85 bits per heavy atom. The number of nitrogens with one attached hydrogen (secondary N) is 2. The van der Waals surface area contributed by atoms with Gasteiger partial charge in [0.1, 0.15) is 11.9 Å². The van der Waals surface area contributed by atoms with Crippen LogP contribution >= 0.6 is 0 Å². The van der Waals surface area contributed by atoms with Crippen LogP contribution in [0.1, 0.15) is 25.7 Å². The molecule has 2 saturated heterocycles. The van der Waals surface area contributed by atoms with E-state index in [0.29, 0.717) is 18.7 Å². The van der Waals surface area contributed by atoms with Gasteiger partial charge in [0.05, 0.1) is 17.7 Å². The molecule has 140 valence electrons. The van der Waals surface area contributed by atoms with Gasteiger partial charge in [-0.1, -0.05) is 0 Å². The van der Waals surface area contributed by atoms with Gasteiger partial charge in [0.15, 0.2) is 0 Å². The SMILES string of the molecule is O=C(O)CC1(O)CCN(c2ccc(NC3CCC(=O)NC3=O)cc2F)C1. The summed E-state index contributed by atoms with van der Waals surface area (Å²) < 4.78 is 14.5. The van der Waals surface area contributed by atoms with E-state index in [1.54, 1.807) is 11.0 Å². The van der Waals surface area contributed by atoms with Crippen LogP contribution in [0.2, 0.25) is 0 Å².